The van der Waals surface area contributed by atoms with Gasteiger partial charge in [0.1, 0.15) is 5.60 Å². The highest BCUT2D eigenvalue weighted by atomic mass is 16.5. The van der Waals surface area contributed by atoms with Crippen LogP contribution in [0.2, 0.25) is 0 Å². The van der Waals surface area contributed by atoms with E-state index < -0.39 is 5.60 Å². The lowest BCUT2D eigenvalue weighted by atomic mass is 9.96. The number of nitrogens with zero attached hydrogens (tertiary/aromatic N) is 2. The number of anilines is 1. The van der Waals surface area contributed by atoms with Gasteiger partial charge in [0.2, 0.25) is 0 Å². The lowest BCUT2D eigenvalue weighted by Crippen LogP contribution is -2.43. The Morgan fingerprint density at radius 3 is 2.80 bits per heavy atom. The van der Waals surface area contributed by atoms with Gasteiger partial charge in [-0.2, -0.15) is 5.10 Å². The Morgan fingerprint density at radius 2 is 2.10 bits per heavy atom. The molecule has 0 spiro atoms. The Hall–Kier alpha value is -1.72. The van der Waals surface area contributed by atoms with Crippen LogP contribution in [0, 0.1) is 6.92 Å². The van der Waals surface area contributed by atoms with Crippen molar-refractivity contribution < 1.29 is 9.84 Å². The molecule has 2 aromatic rings. The zero-order chi connectivity index (χ0) is 14.2. The molecule has 1 aromatic heterocycles. The molecule has 5 heteroatoms. The van der Waals surface area contributed by atoms with Crippen LogP contribution in [0.3, 0.4) is 0 Å². The molecule has 0 radical (unpaired) electrons. The Morgan fingerprint density at radius 1 is 1.35 bits per heavy atom. The van der Waals surface area contributed by atoms with Crippen molar-refractivity contribution in [3.8, 4) is 0 Å². The van der Waals surface area contributed by atoms with Crippen LogP contribution in [0.25, 0.3) is 10.8 Å². The van der Waals surface area contributed by atoms with Crippen LogP contribution in [-0.2, 0) is 4.74 Å². The minimum Gasteiger partial charge on any atom is -0.385 e. The molecule has 3 rings (SSSR count). The third-order valence-electron chi connectivity index (χ3n) is 4.09. The zero-order valence-corrected chi connectivity index (χ0v) is 11.8. The SMILES string of the molecule is Cc1nnc(NCC2(O)CCOC2C)c2ccccc12. The van der Waals surface area contributed by atoms with Crippen LogP contribution >= 0.6 is 0 Å². The highest BCUT2D eigenvalue weighted by molar-refractivity contribution is 5.92. The fourth-order valence-electron chi connectivity index (χ4n) is 2.61. The van der Waals surface area contributed by atoms with E-state index in [1.54, 1.807) is 0 Å². The minimum absolute atomic E-state index is 0.167. The Kier molecular flexibility index (Phi) is 3.31. The Labute approximate surface area is 118 Å². The van der Waals surface area contributed by atoms with E-state index in [1.165, 1.54) is 0 Å². The van der Waals surface area contributed by atoms with Crippen LogP contribution < -0.4 is 5.32 Å². The maximum Gasteiger partial charge on any atom is 0.156 e. The summed E-state index contributed by atoms with van der Waals surface area (Å²) in [4.78, 5) is 0. The molecule has 2 atom stereocenters. The van der Waals surface area contributed by atoms with Crippen LogP contribution in [-0.4, -0.2) is 40.2 Å². The van der Waals surface area contributed by atoms with E-state index in [1.807, 2.05) is 38.1 Å². The summed E-state index contributed by atoms with van der Waals surface area (Å²) in [5.74, 6) is 0.707. The summed E-state index contributed by atoms with van der Waals surface area (Å²) < 4.78 is 5.44. The number of benzene rings is 1. The van der Waals surface area contributed by atoms with Crippen LogP contribution in [0.5, 0.6) is 0 Å². The topological polar surface area (TPSA) is 67.3 Å². The number of aliphatic hydroxyl groups is 1. The summed E-state index contributed by atoms with van der Waals surface area (Å²) in [6, 6.07) is 8.00. The minimum atomic E-state index is -0.840. The van der Waals surface area contributed by atoms with Crippen LogP contribution in [0.4, 0.5) is 5.82 Å². The maximum absolute atomic E-state index is 10.5. The van der Waals surface area contributed by atoms with Gasteiger partial charge in [-0.15, -0.1) is 5.10 Å². The predicted molar refractivity (Wildman–Crippen MR) is 77.7 cm³/mol. The molecular formula is C15H19N3O2. The van der Waals surface area contributed by atoms with Gasteiger partial charge in [0.25, 0.3) is 0 Å². The predicted octanol–water partition coefficient (Wildman–Crippen LogP) is 1.89. The van der Waals surface area contributed by atoms with Crippen molar-refractivity contribution in [3.63, 3.8) is 0 Å². The van der Waals surface area contributed by atoms with E-state index in [2.05, 4.69) is 15.5 Å². The van der Waals surface area contributed by atoms with Gasteiger partial charge in [-0.1, -0.05) is 24.3 Å². The smallest absolute Gasteiger partial charge is 0.156 e. The molecule has 0 saturated carbocycles. The van der Waals surface area contributed by atoms with Gasteiger partial charge in [0.05, 0.1) is 11.8 Å². The second-order valence-corrected chi connectivity index (χ2v) is 5.40. The normalized spacial score (nSPS) is 26.1. The molecule has 1 aliphatic heterocycles. The Balaban J connectivity index is 1.87. The number of ether oxygens (including phenoxy) is 1. The summed E-state index contributed by atoms with van der Waals surface area (Å²) in [6.07, 6.45) is 0.470. The Bertz CT molecular complexity index is 632. The van der Waals surface area contributed by atoms with Gasteiger partial charge >= 0.3 is 0 Å². The van der Waals surface area contributed by atoms with Gasteiger partial charge in [0.15, 0.2) is 5.82 Å². The zero-order valence-electron chi connectivity index (χ0n) is 11.8. The number of fused-ring (bicyclic) bond motifs is 1. The van der Waals surface area contributed by atoms with Crippen molar-refractivity contribution in [2.45, 2.75) is 32.0 Å². The summed E-state index contributed by atoms with van der Waals surface area (Å²) in [7, 11) is 0. The van der Waals surface area contributed by atoms with Gasteiger partial charge in [-0.05, 0) is 13.8 Å². The summed E-state index contributed by atoms with van der Waals surface area (Å²) in [5.41, 5.74) is 0.0654. The first-order valence-electron chi connectivity index (χ1n) is 6.90. The van der Waals surface area contributed by atoms with E-state index in [4.69, 9.17) is 4.74 Å². The van der Waals surface area contributed by atoms with Crippen molar-refractivity contribution in [1.82, 2.24) is 10.2 Å². The van der Waals surface area contributed by atoms with Crippen molar-refractivity contribution in [1.29, 1.82) is 0 Å². The second kappa shape index (κ2) is 5.00. The number of aromatic nitrogens is 2. The number of nitrogens with one attached hydrogen (secondary N) is 1. The fourth-order valence-corrected chi connectivity index (χ4v) is 2.61. The molecule has 1 fully saturated rings. The van der Waals surface area contributed by atoms with Crippen molar-refractivity contribution in [2.75, 3.05) is 18.5 Å². The van der Waals surface area contributed by atoms with Crippen molar-refractivity contribution in [2.24, 2.45) is 0 Å². The molecule has 0 aliphatic carbocycles. The molecule has 1 aliphatic rings. The first kappa shape index (κ1) is 13.3. The van der Waals surface area contributed by atoms with Crippen molar-refractivity contribution in [3.05, 3.63) is 30.0 Å². The maximum atomic E-state index is 10.5. The molecule has 0 amide bonds. The van der Waals surface area contributed by atoms with E-state index in [0.717, 1.165) is 16.5 Å². The van der Waals surface area contributed by atoms with E-state index in [9.17, 15) is 5.11 Å². The van der Waals surface area contributed by atoms with Crippen molar-refractivity contribution >= 4 is 16.6 Å². The molecule has 2 unspecified atom stereocenters. The molecule has 1 saturated heterocycles. The largest absolute Gasteiger partial charge is 0.385 e. The summed E-state index contributed by atoms with van der Waals surface area (Å²) in [6.45, 7) is 4.85. The molecule has 20 heavy (non-hydrogen) atoms. The van der Waals surface area contributed by atoms with Gasteiger partial charge in [-0.3, -0.25) is 0 Å². The van der Waals surface area contributed by atoms with Crippen LogP contribution in [0.15, 0.2) is 24.3 Å². The standard InChI is InChI=1S/C15H19N3O2/c1-10-12-5-3-4-6-13(12)14(18-17-10)16-9-15(19)7-8-20-11(15)2/h3-6,11,19H,7-9H2,1-2H3,(H,16,18). The number of rotatable bonds is 3. The van der Waals surface area contributed by atoms with E-state index in [-0.39, 0.29) is 6.10 Å². The quantitative estimate of drug-likeness (QED) is 0.894. The lowest BCUT2D eigenvalue weighted by Gasteiger charge is -2.26. The molecule has 2 heterocycles. The average molecular weight is 273 g/mol. The molecule has 1 aromatic carbocycles. The van der Waals surface area contributed by atoms with Crippen LogP contribution in [0.1, 0.15) is 19.0 Å². The average Bonchev–Trinajstić information content (AvgIpc) is 2.79. The second-order valence-electron chi connectivity index (χ2n) is 5.40. The third kappa shape index (κ3) is 2.23. The third-order valence-corrected chi connectivity index (χ3v) is 4.09. The first-order valence-corrected chi connectivity index (χ1v) is 6.90. The first-order chi connectivity index (χ1) is 9.60. The molecule has 5 nitrogen and oxygen atoms in total. The number of hydrogen-bond acceptors (Lipinski definition) is 5. The van der Waals surface area contributed by atoms with Gasteiger partial charge in [0, 0.05) is 30.3 Å². The van der Waals surface area contributed by atoms with E-state index in [0.29, 0.717) is 25.4 Å². The monoisotopic (exact) mass is 273 g/mol. The lowest BCUT2D eigenvalue weighted by molar-refractivity contribution is -0.0176. The molecule has 106 valence electrons. The molecular weight excluding hydrogens is 254 g/mol. The summed E-state index contributed by atoms with van der Waals surface area (Å²) >= 11 is 0. The van der Waals surface area contributed by atoms with E-state index >= 15 is 0 Å². The van der Waals surface area contributed by atoms with Gasteiger partial charge in [-0.25, -0.2) is 0 Å². The highest BCUT2D eigenvalue weighted by Crippen LogP contribution is 2.27. The summed E-state index contributed by atoms with van der Waals surface area (Å²) in [5, 5.41) is 24.2. The highest BCUT2D eigenvalue weighted by Gasteiger charge is 2.39. The van der Waals surface area contributed by atoms with Gasteiger partial charge < -0.3 is 15.2 Å². The molecule has 0 bridgehead atoms. The fraction of sp³-hybridized carbons (Fsp3) is 0.467. The number of hydrogen-bond donors (Lipinski definition) is 2. The number of aryl methyl sites for hydroxylation is 1. The molecule has 2 N–H and O–H groups in total.